The maximum absolute atomic E-state index is 6.46. The van der Waals surface area contributed by atoms with Gasteiger partial charge in [0.1, 0.15) is 10.1 Å². The van der Waals surface area contributed by atoms with E-state index in [1.807, 2.05) is 24.3 Å². The summed E-state index contributed by atoms with van der Waals surface area (Å²) in [6, 6.07) is 7.97. The Hall–Kier alpha value is -0.920. The molecule has 2 unspecified atom stereocenters. The van der Waals surface area contributed by atoms with E-state index in [9.17, 15) is 0 Å². The largest absolute Gasteiger partial charge is 0.497 e. The lowest BCUT2D eigenvalue weighted by molar-refractivity contribution is 0.414. The molecular weight excluding hydrogens is 291 g/mol. The van der Waals surface area contributed by atoms with E-state index in [0.29, 0.717) is 0 Å². The van der Waals surface area contributed by atoms with Crippen LogP contribution in [-0.4, -0.2) is 11.4 Å². The minimum absolute atomic E-state index is 0.151. The van der Waals surface area contributed by atoms with Gasteiger partial charge in [0.15, 0.2) is 0 Å². The highest BCUT2D eigenvalue weighted by molar-refractivity contribution is 6.52. The number of hydrogen-bond donors (Lipinski definition) is 0. The van der Waals surface area contributed by atoms with Crippen molar-refractivity contribution in [3.8, 4) is 5.75 Å². The summed E-state index contributed by atoms with van der Waals surface area (Å²) < 4.78 is 4.47. The van der Waals surface area contributed by atoms with Gasteiger partial charge >= 0.3 is 0 Å². The van der Waals surface area contributed by atoms with Crippen LogP contribution < -0.4 is 4.74 Å². The van der Waals surface area contributed by atoms with Gasteiger partial charge in [0.25, 0.3) is 0 Å². The molecule has 1 aliphatic carbocycles. The summed E-state index contributed by atoms with van der Waals surface area (Å²) in [4.78, 5) is 0. The zero-order valence-corrected chi connectivity index (χ0v) is 13.8. The van der Waals surface area contributed by atoms with Gasteiger partial charge < -0.3 is 4.74 Å². The maximum Gasteiger partial charge on any atom is 0.132 e. The first-order valence-corrected chi connectivity index (χ1v) is 7.47. The fourth-order valence-corrected chi connectivity index (χ4v) is 3.50. The first-order chi connectivity index (χ1) is 9.37. The van der Waals surface area contributed by atoms with E-state index in [2.05, 4.69) is 32.9 Å². The van der Waals surface area contributed by atoms with Gasteiger partial charge in [-0.25, -0.2) is 0 Å². The van der Waals surface area contributed by atoms with Crippen LogP contribution in [-0.2, 0) is 0 Å². The molecule has 1 aliphatic rings. The summed E-state index contributed by atoms with van der Waals surface area (Å²) in [7, 11) is 1.66. The summed E-state index contributed by atoms with van der Waals surface area (Å²) in [5.41, 5.74) is 3.64. The SMILES string of the molecule is COc1ccc(C2C(/C(C)=C/C=C(C)C)C2(Cl)Cl)cc1. The van der Waals surface area contributed by atoms with E-state index >= 15 is 0 Å². The molecule has 0 amide bonds. The third-order valence-corrected chi connectivity index (χ3v) is 4.64. The van der Waals surface area contributed by atoms with E-state index in [0.717, 1.165) is 11.3 Å². The van der Waals surface area contributed by atoms with E-state index in [-0.39, 0.29) is 11.8 Å². The van der Waals surface area contributed by atoms with Gasteiger partial charge in [-0.05, 0) is 38.5 Å². The molecule has 0 saturated heterocycles. The normalized spacial score (nSPS) is 24.2. The van der Waals surface area contributed by atoms with Crippen LogP contribution >= 0.6 is 23.2 Å². The molecule has 0 aromatic heterocycles. The highest BCUT2D eigenvalue weighted by atomic mass is 35.5. The Morgan fingerprint density at radius 1 is 1.10 bits per heavy atom. The van der Waals surface area contributed by atoms with Gasteiger partial charge in [0, 0.05) is 11.8 Å². The van der Waals surface area contributed by atoms with Crippen LogP contribution in [0.5, 0.6) is 5.75 Å². The highest BCUT2D eigenvalue weighted by Gasteiger charge is 2.64. The quantitative estimate of drug-likeness (QED) is 0.527. The van der Waals surface area contributed by atoms with Gasteiger partial charge in [-0.2, -0.15) is 0 Å². The minimum atomic E-state index is -0.704. The molecule has 1 aromatic carbocycles. The molecule has 1 aromatic rings. The molecular formula is C17H20Cl2O. The van der Waals surface area contributed by atoms with Crippen molar-refractivity contribution in [2.75, 3.05) is 7.11 Å². The van der Waals surface area contributed by atoms with Crippen LogP contribution in [0.2, 0.25) is 0 Å². The predicted octanol–water partition coefficient (Wildman–Crippen LogP) is 5.50. The van der Waals surface area contributed by atoms with E-state index in [4.69, 9.17) is 27.9 Å². The molecule has 0 aliphatic heterocycles. The fraction of sp³-hybridized carbons (Fsp3) is 0.412. The summed E-state index contributed by atoms with van der Waals surface area (Å²) in [6.07, 6.45) is 4.21. The molecule has 0 heterocycles. The maximum atomic E-state index is 6.46. The summed E-state index contributed by atoms with van der Waals surface area (Å²) in [6.45, 7) is 6.24. The fourth-order valence-electron chi connectivity index (χ4n) is 2.52. The van der Waals surface area contributed by atoms with Crippen LogP contribution in [0.4, 0.5) is 0 Å². The Morgan fingerprint density at radius 3 is 2.20 bits per heavy atom. The molecule has 1 fully saturated rings. The Balaban J connectivity index is 2.21. The van der Waals surface area contributed by atoms with Crippen molar-refractivity contribution < 1.29 is 4.74 Å². The topological polar surface area (TPSA) is 9.23 Å². The number of benzene rings is 1. The first-order valence-electron chi connectivity index (χ1n) is 6.71. The average Bonchev–Trinajstić information content (AvgIpc) is 2.99. The molecule has 0 spiro atoms. The summed E-state index contributed by atoms with van der Waals surface area (Å²) >= 11 is 12.9. The zero-order chi connectivity index (χ0) is 14.9. The van der Waals surface area contributed by atoms with Crippen molar-refractivity contribution in [1.82, 2.24) is 0 Å². The lowest BCUT2D eigenvalue weighted by Crippen LogP contribution is -1.91. The van der Waals surface area contributed by atoms with Crippen molar-refractivity contribution >= 4 is 23.2 Å². The standard InChI is InChI=1S/C17H20Cl2O/c1-11(2)5-6-12(3)15-16(17(15,18)19)13-7-9-14(20-4)10-8-13/h5-10,15-16H,1-4H3/b12-6+. The number of methoxy groups -OCH3 is 1. The third kappa shape index (κ3) is 3.05. The van der Waals surface area contributed by atoms with E-state index < -0.39 is 4.33 Å². The lowest BCUT2D eigenvalue weighted by atomic mass is 10.0. The number of alkyl halides is 2. The Morgan fingerprint density at radius 2 is 1.70 bits per heavy atom. The number of rotatable bonds is 4. The molecule has 0 N–H and O–H groups in total. The second-order valence-corrected chi connectivity index (χ2v) is 7.00. The van der Waals surface area contributed by atoms with Crippen molar-refractivity contribution in [2.45, 2.75) is 31.0 Å². The molecule has 2 atom stereocenters. The molecule has 0 bridgehead atoms. The van der Waals surface area contributed by atoms with E-state index in [1.54, 1.807) is 7.11 Å². The van der Waals surface area contributed by atoms with Gasteiger partial charge in [-0.15, -0.1) is 23.2 Å². The predicted molar refractivity (Wildman–Crippen MR) is 86.9 cm³/mol. The van der Waals surface area contributed by atoms with E-state index in [1.165, 1.54) is 11.1 Å². The minimum Gasteiger partial charge on any atom is -0.497 e. The summed E-state index contributed by atoms with van der Waals surface area (Å²) in [5, 5.41) is 0. The van der Waals surface area contributed by atoms with Crippen LogP contribution in [0.25, 0.3) is 0 Å². The smallest absolute Gasteiger partial charge is 0.132 e. The van der Waals surface area contributed by atoms with Crippen molar-refractivity contribution in [2.24, 2.45) is 5.92 Å². The van der Waals surface area contributed by atoms with Crippen LogP contribution in [0, 0.1) is 5.92 Å². The van der Waals surface area contributed by atoms with Gasteiger partial charge in [-0.1, -0.05) is 35.4 Å². The highest BCUT2D eigenvalue weighted by Crippen LogP contribution is 2.67. The second-order valence-electron chi connectivity index (χ2n) is 5.56. The van der Waals surface area contributed by atoms with Gasteiger partial charge in [0.05, 0.1) is 7.11 Å². The Kier molecular flexibility index (Phi) is 4.51. The zero-order valence-electron chi connectivity index (χ0n) is 12.3. The average molecular weight is 311 g/mol. The number of halogens is 2. The van der Waals surface area contributed by atoms with Crippen molar-refractivity contribution in [3.05, 3.63) is 53.1 Å². The third-order valence-electron chi connectivity index (χ3n) is 3.70. The molecule has 2 rings (SSSR count). The molecule has 3 heteroatoms. The summed E-state index contributed by atoms with van der Waals surface area (Å²) in [5.74, 6) is 1.17. The molecule has 1 nitrogen and oxygen atoms in total. The second kappa shape index (κ2) is 5.83. The van der Waals surface area contributed by atoms with Crippen LogP contribution in [0.1, 0.15) is 32.3 Å². The van der Waals surface area contributed by atoms with Crippen molar-refractivity contribution in [1.29, 1.82) is 0 Å². The van der Waals surface area contributed by atoms with Crippen LogP contribution in [0.15, 0.2) is 47.6 Å². The van der Waals surface area contributed by atoms with Crippen molar-refractivity contribution in [3.63, 3.8) is 0 Å². The number of allylic oxidation sites excluding steroid dienone is 4. The first kappa shape index (κ1) is 15.5. The lowest BCUT2D eigenvalue weighted by Gasteiger charge is -2.03. The number of ether oxygens (including phenoxy) is 1. The van der Waals surface area contributed by atoms with Crippen LogP contribution in [0.3, 0.4) is 0 Å². The number of hydrogen-bond acceptors (Lipinski definition) is 1. The Labute approximate surface area is 131 Å². The molecule has 108 valence electrons. The molecule has 1 saturated carbocycles. The molecule has 0 radical (unpaired) electrons. The monoisotopic (exact) mass is 310 g/mol. The van der Waals surface area contributed by atoms with Gasteiger partial charge in [-0.3, -0.25) is 0 Å². The van der Waals surface area contributed by atoms with Gasteiger partial charge in [0.2, 0.25) is 0 Å². The Bertz CT molecular complexity index is 537. The molecule has 20 heavy (non-hydrogen) atoms.